The Kier molecular flexibility index (Phi) is 5.28. The molecule has 1 aliphatic heterocycles. The maximum absolute atomic E-state index is 12.5. The lowest BCUT2D eigenvalue weighted by Crippen LogP contribution is -2.46. The van der Waals surface area contributed by atoms with Gasteiger partial charge in [-0.25, -0.2) is 18.1 Å². The molecule has 0 bridgehead atoms. The number of rotatable bonds is 6. The largest absolute Gasteiger partial charge is 0.484 e. The highest BCUT2D eigenvalue weighted by Crippen LogP contribution is 2.21. The summed E-state index contributed by atoms with van der Waals surface area (Å²) in [6.07, 6.45) is 4.46. The summed E-state index contributed by atoms with van der Waals surface area (Å²) in [6.45, 7) is 2.93. The van der Waals surface area contributed by atoms with Crippen LogP contribution in [0.5, 0.6) is 5.75 Å². The number of hydrogen-bond acceptors (Lipinski definition) is 5. The van der Waals surface area contributed by atoms with Crippen molar-refractivity contribution < 1.29 is 17.9 Å². The smallest absolute Gasteiger partial charge is 0.260 e. The van der Waals surface area contributed by atoms with E-state index < -0.39 is 10.0 Å². The highest BCUT2D eigenvalue weighted by Gasteiger charge is 2.28. The molecule has 1 aromatic heterocycles. The van der Waals surface area contributed by atoms with E-state index in [1.54, 1.807) is 17.4 Å². The molecule has 1 amide bonds. The first-order chi connectivity index (χ1) is 12.3. The van der Waals surface area contributed by atoms with Gasteiger partial charge in [0.2, 0.25) is 10.0 Å². The monoisotopic (exact) mass is 378 g/mol. The van der Waals surface area contributed by atoms with Crippen molar-refractivity contribution in [1.29, 1.82) is 0 Å². The zero-order valence-electron chi connectivity index (χ0n) is 14.8. The lowest BCUT2D eigenvalue weighted by atomic mass is 10.2. The van der Waals surface area contributed by atoms with Gasteiger partial charge in [-0.3, -0.25) is 4.79 Å². The Bertz CT molecular complexity index is 876. The number of ether oxygens (including phenoxy) is 1. The molecule has 1 N–H and O–H groups in total. The van der Waals surface area contributed by atoms with Crippen LogP contribution in [0, 0.1) is 6.92 Å². The first kappa shape index (κ1) is 18.4. The van der Waals surface area contributed by atoms with Crippen LogP contribution in [0.4, 0.5) is 0 Å². The molecule has 26 heavy (non-hydrogen) atoms. The van der Waals surface area contributed by atoms with Crippen LogP contribution in [-0.4, -0.2) is 54.7 Å². The minimum Gasteiger partial charge on any atom is -0.484 e. The molecule has 0 unspecified atom stereocenters. The van der Waals surface area contributed by atoms with E-state index in [0.29, 0.717) is 18.8 Å². The summed E-state index contributed by atoms with van der Waals surface area (Å²) in [4.78, 5) is 18.3. The molecular weight excluding hydrogens is 356 g/mol. The van der Waals surface area contributed by atoms with Gasteiger partial charge in [-0.05, 0) is 19.1 Å². The second-order valence-corrected chi connectivity index (χ2v) is 8.28. The number of amides is 1. The third kappa shape index (κ3) is 4.61. The van der Waals surface area contributed by atoms with Crippen molar-refractivity contribution in [3.8, 4) is 5.75 Å². The van der Waals surface area contributed by atoms with Crippen LogP contribution in [0.2, 0.25) is 0 Å². The molecular formula is C17H22N4O4S. The number of fused-ring (bicyclic) bond motifs is 1. The van der Waals surface area contributed by atoms with Gasteiger partial charge in [0.15, 0.2) is 6.61 Å². The number of nitrogens with zero attached hydrogens (tertiary/aromatic N) is 3. The van der Waals surface area contributed by atoms with Crippen molar-refractivity contribution in [2.24, 2.45) is 0 Å². The van der Waals surface area contributed by atoms with E-state index in [2.05, 4.69) is 9.71 Å². The molecule has 140 valence electrons. The fourth-order valence-corrected chi connectivity index (χ4v) is 3.35. The highest BCUT2D eigenvalue weighted by molar-refractivity contribution is 7.88. The number of sulfonamides is 1. The van der Waals surface area contributed by atoms with Crippen molar-refractivity contribution in [2.45, 2.75) is 19.5 Å². The van der Waals surface area contributed by atoms with Gasteiger partial charge in [-0.1, -0.05) is 17.7 Å². The first-order valence-electron chi connectivity index (χ1n) is 8.24. The van der Waals surface area contributed by atoms with Gasteiger partial charge in [0.25, 0.3) is 5.91 Å². The Balaban J connectivity index is 1.64. The van der Waals surface area contributed by atoms with E-state index in [9.17, 15) is 13.2 Å². The number of imidazole rings is 1. The van der Waals surface area contributed by atoms with E-state index >= 15 is 0 Å². The third-order valence-corrected chi connectivity index (χ3v) is 4.93. The van der Waals surface area contributed by atoms with Crippen molar-refractivity contribution >= 4 is 15.9 Å². The topological polar surface area (TPSA) is 93.5 Å². The lowest BCUT2D eigenvalue weighted by Gasteiger charge is -2.34. The number of aromatic nitrogens is 2. The fourth-order valence-electron chi connectivity index (χ4n) is 2.86. The molecule has 9 heteroatoms. The Labute approximate surface area is 152 Å². The molecule has 0 aliphatic carbocycles. The molecule has 0 saturated carbocycles. The molecule has 1 aliphatic rings. The number of benzene rings is 1. The second-order valence-electron chi connectivity index (χ2n) is 6.44. The Morgan fingerprint density at radius 1 is 1.35 bits per heavy atom. The molecule has 1 atom stereocenters. The summed E-state index contributed by atoms with van der Waals surface area (Å²) in [5.74, 6) is 0.490. The minimum atomic E-state index is -3.31. The number of carbonyl (C=O) groups excluding carboxylic acids is 1. The molecule has 8 nitrogen and oxygen atoms in total. The van der Waals surface area contributed by atoms with Crippen molar-refractivity contribution in [2.75, 3.05) is 26.0 Å². The van der Waals surface area contributed by atoms with Crippen LogP contribution >= 0.6 is 0 Å². The molecule has 1 aromatic carbocycles. The quantitative estimate of drug-likeness (QED) is 0.799. The Morgan fingerprint density at radius 2 is 2.08 bits per heavy atom. The summed E-state index contributed by atoms with van der Waals surface area (Å²) < 4.78 is 32.7. The fraction of sp³-hybridized carbons (Fsp3) is 0.412. The number of aryl methyl sites for hydroxylation is 1. The van der Waals surface area contributed by atoms with E-state index in [1.807, 2.05) is 35.8 Å². The van der Waals surface area contributed by atoms with Gasteiger partial charge >= 0.3 is 0 Å². The SMILES string of the molecule is Cc1ccc(OCC(=O)N2Cc3cncn3[C@@H](CNS(C)(=O)=O)C2)cc1. The average Bonchev–Trinajstić information content (AvgIpc) is 3.06. The van der Waals surface area contributed by atoms with Gasteiger partial charge in [0, 0.05) is 19.3 Å². The Hall–Kier alpha value is -2.39. The second kappa shape index (κ2) is 7.46. The summed E-state index contributed by atoms with van der Waals surface area (Å²) in [5, 5.41) is 0. The maximum Gasteiger partial charge on any atom is 0.260 e. The summed E-state index contributed by atoms with van der Waals surface area (Å²) in [5.41, 5.74) is 1.98. The van der Waals surface area contributed by atoms with Crippen LogP contribution in [-0.2, 0) is 21.4 Å². The summed E-state index contributed by atoms with van der Waals surface area (Å²) in [7, 11) is -3.31. The molecule has 2 heterocycles. The molecule has 0 saturated heterocycles. The van der Waals surface area contributed by atoms with E-state index in [4.69, 9.17) is 4.74 Å². The molecule has 2 aromatic rings. The zero-order valence-corrected chi connectivity index (χ0v) is 15.6. The van der Waals surface area contributed by atoms with Crippen LogP contribution in [0.25, 0.3) is 0 Å². The van der Waals surface area contributed by atoms with E-state index in [0.717, 1.165) is 17.5 Å². The van der Waals surface area contributed by atoms with Gasteiger partial charge in [-0.2, -0.15) is 0 Å². The van der Waals surface area contributed by atoms with E-state index in [1.165, 1.54) is 0 Å². The zero-order chi connectivity index (χ0) is 18.7. The highest BCUT2D eigenvalue weighted by atomic mass is 32.2. The summed E-state index contributed by atoms with van der Waals surface area (Å²) >= 11 is 0. The van der Waals surface area contributed by atoms with Crippen molar-refractivity contribution in [1.82, 2.24) is 19.2 Å². The van der Waals surface area contributed by atoms with Crippen LogP contribution in [0.1, 0.15) is 17.3 Å². The van der Waals surface area contributed by atoms with Gasteiger partial charge in [-0.15, -0.1) is 0 Å². The molecule has 0 radical (unpaired) electrons. The van der Waals surface area contributed by atoms with Gasteiger partial charge in [0.05, 0.1) is 30.9 Å². The lowest BCUT2D eigenvalue weighted by molar-refractivity contribution is -0.135. The predicted molar refractivity (Wildman–Crippen MR) is 96.2 cm³/mol. The first-order valence-corrected chi connectivity index (χ1v) is 10.1. The summed E-state index contributed by atoms with van der Waals surface area (Å²) in [6, 6.07) is 7.29. The van der Waals surface area contributed by atoms with Gasteiger partial charge < -0.3 is 14.2 Å². The van der Waals surface area contributed by atoms with Crippen LogP contribution < -0.4 is 9.46 Å². The number of carbonyl (C=O) groups is 1. The molecule has 0 spiro atoms. The number of nitrogens with one attached hydrogen (secondary N) is 1. The Morgan fingerprint density at radius 3 is 2.77 bits per heavy atom. The van der Waals surface area contributed by atoms with Gasteiger partial charge in [0.1, 0.15) is 5.75 Å². The van der Waals surface area contributed by atoms with Crippen LogP contribution in [0.3, 0.4) is 0 Å². The predicted octanol–water partition coefficient (Wildman–Crippen LogP) is 0.703. The molecule has 0 fully saturated rings. The number of hydrogen-bond donors (Lipinski definition) is 1. The van der Waals surface area contributed by atoms with Crippen molar-refractivity contribution in [3.63, 3.8) is 0 Å². The van der Waals surface area contributed by atoms with E-state index in [-0.39, 0.29) is 25.1 Å². The minimum absolute atomic E-state index is 0.0660. The van der Waals surface area contributed by atoms with Crippen molar-refractivity contribution in [3.05, 3.63) is 48.0 Å². The normalized spacial score (nSPS) is 17.0. The average molecular weight is 378 g/mol. The standard InChI is InChI=1S/C17H22N4O4S/c1-13-3-5-16(6-4-13)25-11-17(22)20-9-14-7-18-12-21(14)15(10-20)8-19-26(2,23)24/h3-7,12,15,19H,8-11H2,1-2H3/t15-/m0/s1. The maximum atomic E-state index is 12.5. The molecule has 3 rings (SSSR count). The van der Waals surface area contributed by atoms with Crippen LogP contribution in [0.15, 0.2) is 36.8 Å². The third-order valence-electron chi connectivity index (χ3n) is 4.24.